The molecule has 0 fully saturated rings. The molecule has 77 heavy (non-hydrogen) atoms. The Labute approximate surface area is 471 Å². The first-order valence-corrected chi connectivity index (χ1v) is 29.9. The second-order valence-corrected chi connectivity index (χ2v) is 18.8. The van der Waals surface area contributed by atoms with Gasteiger partial charge in [0.15, 0.2) is 6.10 Å². The normalized spacial score (nSPS) is 13.5. The Morgan fingerprint density at radius 2 is 0.519 bits per heavy atom. The zero-order valence-electron chi connectivity index (χ0n) is 48.6. The Balaban J connectivity index is 4.58. The number of hydrogen-bond donors (Lipinski definition) is 0. The first kappa shape index (κ1) is 71.2. The number of carbonyl (C=O) groups excluding carboxylic acids is 3. The number of esters is 3. The fourth-order valence-corrected chi connectivity index (χ4v) is 7.25. The second kappa shape index (κ2) is 62.8. The highest BCUT2D eigenvalue weighted by molar-refractivity contribution is 5.72. The lowest BCUT2D eigenvalue weighted by Gasteiger charge is -2.18. The Kier molecular flexibility index (Phi) is 58.1. The number of rotatable bonds is 51. The summed E-state index contributed by atoms with van der Waals surface area (Å²) in [5.41, 5.74) is 0. The third-order valence-corrected chi connectivity index (χ3v) is 11.6. The summed E-state index contributed by atoms with van der Waals surface area (Å²) in [7, 11) is 0. The maximum absolute atomic E-state index is 12.9. The van der Waals surface area contributed by atoms with E-state index in [9.17, 15) is 14.4 Å². The summed E-state index contributed by atoms with van der Waals surface area (Å²) in [4.78, 5) is 38.2. The molecule has 6 heteroatoms. The van der Waals surface area contributed by atoms with E-state index in [1.807, 2.05) is 6.08 Å². The topological polar surface area (TPSA) is 78.9 Å². The summed E-state index contributed by atoms with van der Waals surface area (Å²) in [6.07, 6.45) is 95.9. The van der Waals surface area contributed by atoms with Crippen LogP contribution in [-0.2, 0) is 28.6 Å². The molecule has 1 unspecified atom stereocenters. The third kappa shape index (κ3) is 61.0. The van der Waals surface area contributed by atoms with Gasteiger partial charge in [0, 0.05) is 12.8 Å². The van der Waals surface area contributed by atoms with E-state index in [0.717, 1.165) is 148 Å². The number of ether oxygens (including phenoxy) is 3. The molecule has 426 valence electrons. The molecule has 0 aromatic heterocycles. The molecule has 0 aliphatic heterocycles. The van der Waals surface area contributed by atoms with E-state index in [-0.39, 0.29) is 38.0 Å². The van der Waals surface area contributed by atoms with Crippen molar-refractivity contribution < 1.29 is 28.6 Å². The number of unbranched alkanes of at least 4 members (excludes halogenated alkanes) is 9. The van der Waals surface area contributed by atoms with Crippen molar-refractivity contribution in [2.45, 2.75) is 219 Å². The van der Waals surface area contributed by atoms with E-state index in [0.29, 0.717) is 19.3 Å². The Morgan fingerprint density at radius 1 is 0.273 bits per heavy atom. The highest BCUT2D eigenvalue weighted by atomic mass is 16.6. The van der Waals surface area contributed by atoms with Gasteiger partial charge in [0.25, 0.3) is 0 Å². The number of carbonyl (C=O) groups is 3. The molecule has 0 heterocycles. The van der Waals surface area contributed by atoms with Crippen molar-refractivity contribution in [1.82, 2.24) is 0 Å². The summed E-state index contributed by atoms with van der Waals surface area (Å²) in [6.45, 7) is 6.14. The Hall–Kier alpha value is -5.75. The molecule has 0 bridgehead atoms. The fourth-order valence-electron chi connectivity index (χ4n) is 7.25. The smallest absolute Gasteiger partial charge is 0.309 e. The summed E-state index contributed by atoms with van der Waals surface area (Å²) in [6, 6.07) is 0. The molecule has 0 amide bonds. The first-order chi connectivity index (χ1) is 38.0. The van der Waals surface area contributed by atoms with Gasteiger partial charge in [-0.2, -0.15) is 0 Å². The molecule has 0 rings (SSSR count). The van der Waals surface area contributed by atoms with E-state index >= 15 is 0 Å². The molecule has 0 aliphatic carbocycles. The summed E-state index contributed by atoms with van der Waals surface area (Å²) < 4.78 is 16.7. The lowest BCUT2D eigenvalue weighted by molar-refractivity contribution is -0.166. The lowest BCUT2D eigenvalue weighted by atomic mass is 10.1. The highest BCUT2D eigenvalue weighted by Crippen LogP contribution is 2.12. The van der Waals surface area contributed by atoms with E-state index in [2.05, 4.69) is 203 Å². The molecule has 6 nitrogen and oxygen atoms in total. The average Bonchev–Trinajstić information content (AvgIpc) is 3.43. The number of allylic oxidation sites excluding steroid dienone is 31. The van der Waals surface area contributed by atoms with Gasteiger partial charge in [-0.3, -0.25) is 14.4 Å². The summed E-state index contributed by atoms with van der Waals surface area (Å²) >= 11 is 0. The van der Waals surface area contributed by atoms with Gasteiger partial charge in [-0.05, 0) is 141 Å². The van der Waals surface area contributed by atoms with E-state index in [1.54, 1.807) is 6.08 Å². The molecule has 1 atom stereocenters. The first-order valence-electron chi connectivity index (χ1n) is 29.9. The van der Waals surface area contributed by atoms with Crippen molar-refractivity contribution in [3.05, 3.63) is 194 Å². The van der Waals surface area contributed by atoms with Gasteiger partial charge in [0.2, 0.25) is 0 Å². The van der Waals surface area contributed by atoms with E-state index in [1.165, 1.54) is 12.8 Å². The zero-order valence-corrected chi connectivity index (χ0v) is 48.6. The van der Waals surface area contributed by atoms with Crippen molar-refractivity contribution in [2.24, 2.45) is 0 Å². The standard InChI is InChI=1S/C71H106O6/c1-4-7-10-13-16-19-22-25-28-30-32-33-34-35-36-37-39-40-43-46-49-52-55-58-61-64-70(73)76-67-68(66-75-69(72)63-60-57-54-51-48-45-42-27-24-21-18-15-12-9-6-3)77-71(74)65-62-59-56-53-50-47-44-41-38-31-29-26-23-20-17-14-11-8-5-2/h7-12,16-21,25-29,32-33,35-36,38-42,47-48,50-51,57,60,68H,4-6,13-15,22-24,30-31,34,37,43-46,49,52-56,58-59,61-67H2,1-3H3/b10-7-,11-8-,12-9-,19-16-,20-17-,21-18-,28-25-,29-26-,33-32-,36-35-,40-39-,41-38-,42-27-,50-47-,51-48-,60-57-. The minimum Gasteiger partial charge on any atom is -0.462 e. The monoisotopic (exact) mass is 1050 g/mol. The van der Waals surface area contributed by atoms with Crippen molar-refractivity contribution >= 4 is 17.9 Å². The van der Waals surface area contributed by atoms with Crippen LogP contribution in [0.4, 0.5) is 0 Å². The SMILES string of the molecule is CC/C=C\C/C=C\C/C=C\C/C=C\C/C=C\C/C=C\CCCCCCCCC(=O)OCC(COC(=O)C/C=C\C/C=C\C/C=C\C/C=C\C/C=C\CC)OC(=O)CCCCC/C=C\C/C=C\C/C=C\C/C=C\C/C=C\CC. The molecule has 0 aromatic rings. The molecule has 0 aliphatic rings. The van der Waals surface area contributed by atoms with Crippen LogP contribution in [-0.4, -0.2) is 37.2 Å². The van der Waals surface area contributed by atoms with Crippen LogP contribution in [0.2, 0.25) is 0 Å². The van der Waals surface area contributed by atoms with Crippen LogP contribution in [0.15, 0.2) is 194 Å². The van der Waals surface area contributed by atoms with Crippen molar-refractivity contribution in [2.75, 3.05) is 13.2 Å². The summed E-state index contributed by atoms with van der Waals surface area (Å²) in [5, 5.41) is 0. The van der Waals surface area contributed by atoms with E-state index < -0.39 is 12.1 Å². The largest absolute Gasteiger partial charge is 0.462 e. The van der Waals surface area contributed by atoms with Gasteiger partial charge in [-0.1, -0.05) is 247 Å². The van der Waals surface area contributed by atoms with Crippen LogP contribution in [0.25, 0.3) is 0 Å². The molecule has 0 saturated carbocycles. The quantitative estimate of drug-likeness (QED) is 0.0261. The Bertz CT molecular complexity index is 1880. The zero-order chi connectivity index (χ0) is 55.7. The molecule has 0 radical (unpaired) electrons. The van der Waals surface area contributed by atoms with E-state index in [4.69, 9.17) is 14.2 Å². The van der Waals surface area contributed by atoms with Gasteiger partial charge in [-0.25, -0.2) is 0 Å². The lowest BCUT2D eigenvalue weighted by Crippen LogP contribution is -2.30. The van der Waals surface area contributed by atoms with Crippen LogP contribution in [0.3, 0.4) is 0 Å². The van der Waals surface area contributed by atoms with Gasteiger partial charge >= 0.3 is 17.9 Å². The second-order valence-electron chi connectivity index (χ2n) is 18.8. The van der Waals surface area contributed by atoms with Crippen LogP contribution in [0.5, 0.6) is 0 Å². The van der Waals surface area contributed by atoms with Gasteiger partial charge in [0.05, 0.1) is 6.42 Å². The number of hydrogen-bond acceptors (Lipinski definition) is 6. The van der Waals surface area contributed by atoms with Crippen LogP contribution >= 0.6 is 0 Å². The maximum Gasteiger partial charge on any atom is 0.309 e. The predicted molar refractivity (Wildman–Crippen MR) is 334 cm³/mol. The molecule has 0 saturated heterocycles. The predicted octanol–water partition coefficient (Wildman–Crippen LogP) is 20.6. The van der Waals surface area contributed by atoms with Crippen molar-refractivity contribution in [1.29, 1.82) is 0 Å². The summed E-state index contributed by atoms with van der Waals surface area (Å²) in [5.74, 6) is -1.13. The fraction of sp³-hybridized carbons (Fsp3) is 0.507. The molecular formula is C71H106O6. The molecule has 0 spiro atoms. The minimum absolute atomic E-state index is 0.106. The Morgan fingerprint density at radius 3 is 0.857 bits per heavy atom. The van der Waals surface area contributed by atoms with Gasteiger partial charge < -0.3 is 14.2 Å². The molecular weight excluding hydrogens is 949 g/mol. The van der Waals surface area contributed by atoms with Gasteiger partial charge in [-0.15, -0.1) is 0 Å². The third-order valence-electron chi connectivity index (χ3n) is 11.6. The molecule has 0 aromatic carbocycles. The van der Waals surface area contributed by atoms with Gasteiger partial charge in [0.1, 0.15) is 13.2 Å². The van der Waals surface area contributed by atoms with Crippen molar-refractivity contribution in [3.8, 4) is 0 Å². The molecule has 0 N–H and O–H groups in total. The van der Waals surface area contributed by atoms with Crippen LogP contribution < -0.4 is 0 Å². The van der Waals surface area contributed by atoms with Crippen LogP contribution in [0, 0.1) is 0 Å². The minimum atomic E-state index is -0.855. The highest BCUT2D eigenvalue weighted by Gasteiger charge is 2.19. The van der Waals surface area contributed by atoms with Crippen LogP contribution in [0.1, 0.15) is 213 Å². The maximum atomic E-state index is 12.9. The average molecular weight is 1060 g/mol. The van der Waals surface area contributed by atoms with Crippen molar-refractivity contribution in [3.63, 3.8) is 0 Å².